The molecule has 0 aliphatic rings. The molecule has 0 saturated carbocycles. The first-order chi connectivity index (χ1) is 5.75. The molecular formula is C5H3F8LiO. The van der Waals surface area contributed by atoms with Gasteiger partial charge in [-0.1, -0.05) is 0 Å². The second-order valence-corrected chi connectivity index (χ2v) is 2.55. The average molecular weight is 238 g/mol. The molecule has 1 nitrogen and oxygen atoms in total. The molecule has 0 aromatic rings. The third-order valence-corrected chi connectivity index (χ3v) is 1.31. The Morgan fingerprint density at radius 1 is 0.733 bits per heavy atom. The van der Waals surface area contributed by atoms with Crippen LogP contribution < -0.4 is 24.0 Å². The first-order valence-corrected chi connectivity index (χ1v) is 2.97. The number of hydrogen-bond donors (Lipinski definition) is 0. The van der Waals surface area contributed by atoms with Crippen LogP contribution >= 0.6 is 0 Å². The minimum absolute atomic E-state index is 0. The van der Waals surface area contributed by atoms with E-state index in [4.69, 9.17) is 0 Å². The molecule has 0 unspecified atom stereocenters. The molecular weight excluding hydrogens is 235 g/mol. The van der Waals surface area contributed by atoms with Crippen molar-refractivity contribution in [3.05, 3.63) is 0 Å². The Balaban J connectivity index is 0. The van der Waals surface area contributed by atoms with Crippen LogP contribution in [0.25, 0.3) is 0 Å². The Morgan fingerprint density at radius 2 is 1.00 bits per heavy atom. The van der Waals surface area contributed by atoms with Crippen molar-refractivity contribution in [3.8, 4) is 0 Å². The second kappa shape index (κ2) is 4.11. The Hall–Kier alpha value is -0.00260. The Kier molecular flexibility index (Phi) is 4.76. The summed E-state index contributed by atoms with van der Waals surface area (Å²) in [6.07, 6.45) is -6.48. The minimum atomic E-state index is -6.65. The maximum absolute atomic E-state index is 12.0. The normalized spacial score (nSPS) is 14.8. The van der Waals surface area contributed by atoms with Gasteiger partial charge in [-0.05, 0) is 0 Å². The standard InChI is InChI=1S/C5H3F8O.Li/c1-2(6,7)3(8,9)4(10,11)5(12,13)14;/h1H3;/q-1;+1. The van der Waals surface area contributed by atoms with Gasteiger partial charge in [-0.2, -0.15) is 26.3 Å². The summed E-state index contributed by atoms with van der Waals surface area (Å²) >= 11 is 0. The molecule has 0 bridgehead atoms. The van der Waals surface area contributed by atoms with E-state index in [1.807, 2.05) is 0 Å². The van der Waals surface area contributed by atoms with Gasteiger partial charge in [0.25, 0.3) is 6.11 Å². The van der Waals surface area contributed by atoms with Crippen LogP contribution in [0, 0.1) is 0 Å². The molecule has 0 spiro atoms. The van der Waals surface area contributed by atoms with Gasteiger partial charge in [-0.25, -0.2) is 8.78 Å². The van der Waals surface area contributed by atoms with Crippen LogP contribution in [0.5, 0.6) is 0 Å². The molecule has 86 valence electrons. The molecule has 0 atom stereocenters. The molecule has 15 heavy (non-hydrogen) atoms. The van der Waals surface area contributed by atoms with E-state index in [0.29, 0.717) is 0 Å². The number of rotatable bonds is 3. The van der Waals surface area contributed by atoms with Gasteiger partial charge in [-0.15, -0.1) is 0 Å². The van der Waals surface area contributed by atoms with Crippen molar-refractivity contribution in [3.63, 3.8) is 0 Å². The van der Waals surface area contributed by atoms with E-state index < -0.39 is 30.8 Å². The second-order valence-electron chi connectivity index (χ2n) is 2.55. The monoisotopic (exact) mass is 238 g/mol. The number of hydrogen-bond acceptors (Lipinski definition) is 1. The van der Waals surface area contributed by atoms with Crippen LogP contribution in [0.2, 0.25) is 0 Å². The smallest absolute Gasteiger partial charge is 0.793 e. The Labute approximate surface area is 90.6 Å². The van der Waals surface area contributed by atoms with E-state index in [1.165, 1.54) is 0 Å². The van der Waals surface area contributed by atoms with E-state index in [0.717, 1.165) is 0 Å². The van der Waals surface area contributed by atoms with E-state index in [2.05, 4.69) is 0 Å². The zero-order valence-electron chi connectivity index (χ0n) is 7.43. The van der Waals surface area contributed by atoms with Gasteiger partial charge >= 0.3 is 36.6 Å². The van der Waals surface area contributed by atoms with Crippen LogP contribution in [-0.2, 0) is 0 Å². The molecule has 0 rings (SSSR count). The van der Waals surface area contributed by atoms with Crippen molar-refractivity contribution in [2.75, 3.05) is 0 Å². The van der Waals surface area contributed by atoms with Crippen LogP contribution in [0.3, 0.4) is 0 Å². The fourth-order valence-corrected chi connectivity index (χ4v) is 0.458. The van der Waals surface area contributed by atoms with Crippen LogP contribution in [0.15, 0.2) is 0 Å². The van der Waals surface area contributed by atoms with Gasteiger partial charge < -0.3 is 5.11 Å². The van der Waals surface area contributed by atoms with Gasteiger partial charge in [0.1, 0.15) is 0 Å². The van der Waals surface area contributed by atoms with Gasteiger partial charge in [0.2, 0.25) is 0 Å². The molecule has 0 heterocycles. The summed E-state index contributed by atoms with van der Waals surface area (Å²) in [5.41, 5.74) is 0. The first kappa shape index (κ1) is 17.4. The predicted octanol–water partition coefficient (Wildman–Crippen LogP) is -1.13. The van der Waals surface area contributed by atoms with Crippen molar-refractivity contribution in [2.45, 2.75) is 30.8 Å². The Morgan fingerprint density at radius 3 is 1.07 bits per heavy atom. The summed E-state index contributed by atoms with van der Waals surface area (Å²) in [5.74, 6) is -18.5. The molecule has 0 fully saturated rings. The molecule has 0 aromatic carbocycles. The van der Waals surface area contributed by atoms with E-state index in [1.54, 1.807) is 0 Å². The third-order valence-electron chi connectivity index (χ3n) is 1.31. The molecule has 0 saturated heterocycles. The van der Waals surface area contributed by atoms with Crippen molar-refractivity contribution < 1.29 is 59.1 Å². The van der Waals surface area contributed by atoms with Crippen LogP contribution in [0.1, 0.15) is 6.92 Å². The topological polar surface area (TPSA) is 23.1 Å². The molecule has 0 amide bonds. The average Bonchev–Trinajstić information content (AvgIpc) is 1.81. The first-order valence-electron chi connectivity index (χ1n) is 2.97. The predicted molar refractivity (Wildman–Crippen MR) is 25.5 cm³/mol. The zero-order valence-corrected chi connectivity index (χ0v) is 7.43. The van der Waals surface area contributed by atoms with Crippen molar-refractivity contribution in [1.29, 1.82) is 0 Å². The van der Waals surface area contributed by atoms with E-state index in [9.17, 15) is 40.2 Å². The maximum atomic E-state index is 12.0. The zero-order chi connectivity index (χ0) is 12.0. The molecule has 0 radical (unpaired) electrons. The fraction of sp³-hybridized carbons (Fsp3) is 1.00. The molecule has 0 aliphatic carbocycles. The van der Waals surface area contributed by atoms with E-state index in [-0.39, 0.29) is 18.9 Å². The van der Waals surface area contributed by atoms with E-state index >= 15 is 0 Å². The fourth-order valence-electron chi connectivity index (χ4n) is 0.458. The largest absolute Gasteiger partial charge is 1.00 e. The summed E-state index contributed by atoms with van der Waals surface area (Å²) in [7, 11) is 0. The summed E-state index contributed by atoms with van der Waals surface area (Å²) in [5, 5.41) is 9.32. The van der Waals surface area contributed by atoms with Crippen molar-refractivity contribution in [2.24, 2.45) is 0 Å². The van der Waals surface area contributed by atoms with Crippen molar-refractivity contribution >= 4 is 0 Å². The van der Waals surface area contributed by atoms with Crippen LogP contribution in [-0.4, -0.2) is 23.9 Å². The van der Waals surface area contributed by atoms with Gasteiger partial charge in [-0.3, -0.25) is 0 Å². The maximum Gasteiger partial charge on any atom is 1.00 e. The van der Waals surface area contributed by atoms with Gasteiger partial charge in [0, 0.05) is 6.92 Å². The SMILES string of the molecule is CC(F)(F)C(F)(F)C(F)(F)C([O-])(F)F.[Li+]. The molecule has 0 N–H and O–H groups in total. The Bertz CT molecular complexity index is 192. The van der Waals surface area contributed by atoms with Gasteiger partial charge in [0.05, 0.1) is 0 Å². The summed E-state index contributed by atoms with van der Waals surface area (Å²) in [6.45, 7) is -0.688. The third kappa shape index (κ3) is 2.76. The van der Waals surface area contributed by atoms with Crippen LogP contribution in [0.4, 0.5) is 35.1 Å². The molecule has 0 aromatic heterocycles. The van der Waals surface area contributed by atoms with Crippen molar-refractivity contribution in [1.82, 2.24) is 0 Å². The van der Waals surface area contributed by atoms with Gasteiger partial charge in [0.15, 0.2) is 0 Å². The molecule has 10 heteroatoms. The quantitative estimate of drug-likeness (QED) is 0.450. The summed E-state index contributed by atoms with van der Waals surface area (Å²) < 4.78 is 94.3. The minimum Gasteiger partial charge on any atom is -0.793 e. The number of halogens is 8. The summed E-state index contributed by atoms with van der Waals surface area (Å²) in [6, 6.07) is 0. The molecule has 0 aliphatic heterocycles. The summed E-state index contributed by atoms with van der Waals surface area (Å²) in [4.78, 5) is 0. The number of alkyl halides is 8.